The number of nitrogens with one attached hydrogen (secondary N) is 2. The zero-order valence-electron chi connectivity index (χ0n) is 17.1. The van der Waals surface area contributed by atoms with Crippen molar-refractivity contribution < 1.29 is 23.0 Å². The molecule has 0 unspecified atom stereocenters. The fourth-order valence-corrected chi connectivity index (χ4v) is 3.46. The number of hydrogen-bond donors (Lipinski definition) is 2. The highest BCUT2D eigenvalue weighted by atomic mass is 127. The van der Waals surface area contributed by atoms with E-state index < -0.39 is 6.61 Å². The lowest BCUT2D eigenvalue weighted by Crippen LogP contribution is -2.37. The fraction of sp³-hybridized carbons (Fsp3) is 0.526. The Labute approximate surface area is 195 Å². The van der Waals surface area contributed by atoms with Gasteiger partial charge in [-0.3, -0.25) is 0 Å². The Bertz CT molecular complexity index is 924. The molecule has 31 heavy (non-hydrogen) atoms. The molecule has 0 bridgehead atoms. The molecule has 0 aliphatic carbocycles. The van der Waals surface area contributed by atoms with Crippen LogP contribution >= 0.6 is 24.0 Å². The van der Waals surface area contributed by atoms with Crippen LogP contribution in [0, 0.1) is 0 Å². The van der Waals surface area contributed by atoms with E-state index in [9.17, 15) is 8.78 Å². The number of fused-ring (bicyclic) bond motifs is 2. The predicted molar refractivity (Wildman–Crippen MR) is 119 cm³/mol. The van der Waals surface area contributed by atoms with E-state index in [1.54, 1.807) is 6.07 Å². The maximum absolute atomic E-state index is 12.8. The average Bonchev–Trinajstić information content (AvgIpc) is 3.36. The molecule has 3 heterocycles. The number of benzene rings is 1. The molecule has 2 aliphatic rings. The van der Waals surface area contributed by atoms with Gasteiger partial charge >= 0.3 is 6.61 Å². The van der Waals surface area contributed by atoms with Gasteiger partial charge in [-0.05, 0) is 25.8 Å². The van der Waals surface area contributed by atoms with Crippen molar-refractivity contribution in [2.24, 2.45) is 4.99 Å². The summed E-state index contributed by atoms with van der Waals surface area (Å²) in [6, 6.07) is 3.02. The van der Waals surface area contributed by atoms with Gasteiger partial charge in [0.25, 0.3) is 0 Å². The molecule has 0 radical (unpaired) electrons. The van der Waals surface area contributed by atoms with Gasteiger partial charge in [0, 0.05) is 31.1 Å². The SMILES string of the molecule is CCNC(=NCc1cc2c(cc1OC(F)F)OCO2)NCc1nnc2n1CCCC2.I. The molecule has 2 N–H and O–H groups in total. The minimum absolute atomic E-state index is 0. The number of aliphatic imine (C=N–C) groups is 1. The van der Waals surface area contributed by atoms with E-state index in [0.717, 1.165) is 37.5 Å². The van der Waals surface area contributed by atoms with Crippen molar-refractivity contribution in [1.29, 1.82) is 0 Å². The van der Waals surface area contributed by atoms with E-state index >= 15 is 0 Å². The maximum atomic E-state index is 12.8. The lowest BCUT2D eigenvalue weighted by molar-refractivity contribution is -0.0505. The Hall–Kier alpha value is -2.38. The van der Waals surface area contributed by atoms with Crippen molar-refractivity contribution in [2.45, 2.75) is 52.4 Å². The molecule has 0 amide bonds. The normalized spacial score (nSPS) is 14.8. The number of aryl methyl sites for hydroxylation is 1. The largest absolute Gasteiger partial charge is 0.454 e. The average molecular weight is 550 g/mol. The number of nitrogens with zero attached hydrogens (tertiary/aromatic N) is 4. The summed E-state index contributed by atoms with van der Waals surface area (Å²) in [4.78, 5) is 4.50. The summed E-state index contributed by atoms with van der Waals surface area (Å²) in [6.07, 6.45) is 3.19. The van der Waals surface area contributed by atoms with Gasteiger partial charge in [0.15, 0.2) is 23.3 Å². The van der Waals surface area contributed by atoms with Crippen LogP contribution < -0.4 is 24.8 Å². The Kier molecular flexibility index (Phi) is 8.09. The molecule has 170 valence electrons. The smallest absolute Gasteiger partial charge is 0.387 e. The van der Waals surface area contributed by atoms with Crippen LogP contribution in [0.2, 0.25) is 0 Å². The first-order chi connectivity index (χ1) is 14.6. The van der Waals surface area contributed by atoms with Crippen molar-refractivity contribution in [2.75, 3.05) is 13.3 Å². The molecule has 4 rings (SSSR count). The van der Waals surface area contributed by atoms with Gasteiger partial charge < -0.3 is 29.4 Å². The molecule has 2 aliphatic heterocycles. The summed E-state index contributed by atoms with van der Waals surface area (Å²) < 4.78 is 43.0. The minimum Gasteiger partial charge on any atom is -0.454 e. The summed E-state index contributed by atoms with van der Waals surface area (Å²) in [5.41, 5.74) is 0.469. The van der Waals surface area contributed by atoms with E-state index in [1.165, 1.54) is 6.07 Å². The Morgan fingerprint density at radius 1 is 1.23 bits per heavy atom. The third kappa shape index (κ3) is 5.66. The second-order valence-electron chi connectivity index (χ2n) is 6.88. The van der Waals surface area contributed by atoms with Crippen molar-refractivity contribution in [1.82, 2.24) is 25.4 Å². The third-order valence-corrected chi connectivity index (χ3v) is 4.87. The van der Waals surface area contributed by atoms with Gasteiger partial charge in [0.1, 0.15) is 11.6 Å². The van der Waals surface area contributed by atoms with E-state index in [0.29, 0.717) is 36.1 Å². The molecular weight excluding hydrogens is 525 g/mol. The molecule has 9 nitrogen and oxygen atoms in total. The van der Waals surface area contributed by atoms with Gasteiger partial charge in [-0.15, -0.1) is 34.2 Å². The lowest BCUT2D eigenvalue weighted by atomic mass is 10.1. The zero-order valence-corrected chi connectivity index (χ0v) is 19.4. The molecule has 2 aromatic rings. The Balaban J connectivity index is 0.00000272. The van der Waals surface area contributed by atoms with Crippen LogP contribution in [-0.2, 0) is 26.1 Å². The highest BCUT2D eigenvalue weighted by Gasteiger charge is 2.20. The number of aromatic nitrogens is 3. The molecular formula is C19H25F2IN6O3. The summed E-state index contributed by atoms with van der Waals surface area (Å²) in [5.74, 6) is 3.26. The standard InChI is InChI=1S/C19H24F2N6O3.HI/c1-2-22-19(24-10-17-26-25-16-5-3-4-6-27(16)17)23-9-12-7-14-15(29-11-28-14)8-13(12)30-18(20)21;/h7-8,18H,2-6,9-11H2,1H3,(H2,22,23,24);1H. The summed E-state index contributed by atoms with van der Waals surface area (Å²) >= 11 is 0. The number of halogens is 3. The first kappa shape index (κ1) is 23.3. The molecule has 0 saturated carbocycles. The second-order valence-corrected chi connectivity index (χ2v) is 6.88. The molecule has 0 fully saturated rings. The van der Waals surface area contributed by atoms with Crippen LogP contribution in [0.1, 0.15) is 37.0 Å². The number of guanidine groups is 1. The van der Waals surface area contributed by atoms with Gasteiger partial charge in [0.05, 0.1) is 13.1 Å². The zero-order chi connectivity index (χ0) is 20.9. The van der Waals surface area contributed by atoms with Gasteiger partial charge in [-0.1, -0.05) is 0 Å². The maximum Gasteiger partial charge on any atom is 0.387 e. The molecule has 12 heteroatoms. The topological polar surface area (TPSA) is 94.8 Å². The predicted octanol–water partition coefficient (Wildman–Crippen LogP) is 2.82. The van der Waals surface area contributed by atoms with Gasteiger partial charge in [0.2, 0.25) is 6.79 Å². The second kappa shape index (κ2) is 10.8. The quantitative estimate of drug-likeness (QED) is 0.311. The van der Waals surface area contributed by atoms with E-state index in [4.69, 9.17) is 9.47 Å². The monoisotopic (exact) mass is 550 g/mol. The van der Waals surface area contributed by atoms with Crippen LogP contribution in [0.25, 0.3) is 0 Å². The first-order valence-electron chi connectivity index (χ1n) is 9.94. The number of rotatable bonds is 7. The highest BCUT2D eigenvalue weighted by molar-refractivity contribution is 14.0. The van der Waals surface area contributed by atoms with Crippen LogP contribution in [0.3, 0.4) is 0 Å². The summed E-state index contributed by atoms with van der Waals surface area (Å²) in [5, 5.41) is 14.9. The Morgan fingerprint density at radius 3 is 2.81 bits per heavy atom. The molecule has 1 aromatic carbocycles. The molecule has 0 atom stereocenters. The van der Waals surface area contributed by atoms with Crippen molar-refractivity contribution >= 4 is 29.9 Å². The van der Waals surface area contributed by atoms with Crippen LogP contribution in [0.4, 0.5) is 8.78 Å². The summed E-state index contributed by atoms with van der Waals surface area (Å²) in [7, 11) is 0. The van der Waals surface area contributed by atoms with Crippen molar-refractivity contribution in [3.63, 3.8) is 0 Å². The van der Waals surface area contributed by atoms with Gasteiger partial charge in [-0.2, -0.15) is 8.78 Å². The number of hydrogen-bond acceptors (Lipinski definition) is 6. The lowest BCUT2D eigenvalue weighted by Gasteiger charge is -2.16. The number of alkyl halides is 2. The highest BCUT2D eigenvalue weighted by Crippen LogP contribution is 2.39. The molecule has 0 spiro atoms. The third-order valence-electron chi connectivity index (χ3n) is 4.87. The minimum atomic E-state index is -2.95. The molecule has 1 aromatic heterocycles. The van der Waals surface area contributed by atoms with E-state index in [-0.39, 0.29) is 43.1 Å². The van der Waals surface area contributed by atoms with Gasteiger partial charge in [-0.25, -0.2) is 4.99 Å². The van der Waals surface area contributed by atoms with E-state index in [2.05, 4.69) is 35.1 Å². The molecule has 0 saturated heterocycles. The fourth-order valence-electron chi connectivity index (χ4n) is 3.46. The van der Waals surface area contributed by atoms with Crippen LogP contribution in [0.15, 0.2) is 17.1 Å². The van der Waals surface area contributed by atoms with Crippen molar-refractivity contribution in [3.05, 3.63) is 29.3 Å². The first-order valence-corrected chi connectivity index (χ1v) is 9.94. The number of ether oxygens (including phenoxy) is 3. The van der Waals surface area contributed by atoms with Crippen molar-refractivity contribution in [3.8, 4) is 17.2 Å². The van der Waals surface area contributed by atoms with Crippen LogP contribution in [0.5, 0.6) is 17.2 Å². The van der Waals surface area contributed by atoms with E-state index in [1.807, 2.05) is 6.92 Å². The Morgan fingerprint density at radius 2 is 2.03 bits per heavy atom. The van der Waals surface area contributed by atoms with Crippen LogP contribution in [-0.4, -0.2) is 40.7 Å². The summed E-state index contributed by atoms with van der Waals surface area (Å²) in [6.45, 7) is 1.18.